The second kappa shape index (κ2) is 7.40. The van der Waals surface area contributed by atoms with Crippen LogP contribution in [0.2, 0.25) is 5.02 Å². The van der Waals surface area contributed by atoms with Crippen LogP contribution in [0, 0.1) is 13.8 Å². The van der Waals surface area contributed by atoms with Gasteiger partial charge in [-0.3, -0.25) is 4.98 Å². The lowest BCUT2D eigenvalue weighted by atomic mass is 10.1. The Balaban J connectivity index is 1.59. The molecule has 0 bridgehead atoms. The van der Waals surface area contributed by atoms with E-state index in [1.807, 2.05) is 50.2 Å². The van der Waals surface area contributed by atoms with E-state index in [2.05, 4.69) is 15.1 Å². The van der Waals surface area contributed by atoms with Gasteiger partial charge in [-0.25, -0.2) is 14.5 Å². The molecule has 0 amide bonds. The number of rotatable bonds is 4. The zero-order valence-corrected chi connectivity index (χ0v) is 16.1. The number of benzene rings is 1. The van der Waals surface area contributed by atoms with Crippen molar-refractivity contribution in [2.45, 2.75) is 20.5 Å². The van der Waals surface area contributed by atoms with E-state index in [4.69, 9.17) is 16.3 Å². The Labute approximate surface area is 166 Å². The summed E-state index contributed by atoms with van der Waals surface area (Å²) >= 11 is 6.19. The van der Waals surface area contributed by atoms with E-state index in [9.17, 15) is 4.79 Å². The van der Waals surface area contributed by atoms with Crippen LogP contribution in [0.3, 0.4) is 0 Å². The third-order valence-electron chi connectivity index (χ3n) is 4.33. The number of carbonyl (C=O) groups is 1. The van der Waals surface area contributed by atoms with Gasteiger partial charge in [0.1, 0.15) is 6.61 Å². The SMILES string of the molecule is Cc1cc(C)n(-c2ccc(Cl)c(C(=O)OCc3cccc4cccnc34)n2)n1. The summed E-state index contributed by atoms with van der Waals surface area (Å²) in [5, 5.41) is 5.60. The number of hydrogen-bond donors (Lipinski definition) is 0. The van der Waals surface area contributed by atoms with Crippen LogP contribution < -0.4 is 0 Å². The molecule has 0 radical (unpaired) electrons. The molecule has 0 spiro atoms. The molecule has 1 aromatic carbocycles. The van der Waals surface area contributed by atoms with Crippen molar-refractivity contribution < 1.29 is 9.53 Å². The van der Waals surface area contributed by atoms with Gasteiger partial charge in [-0.1, -0.05) is 35.9 Å². The Morgan fingerprint density at radius 2 is 1.96 bits per heavy atom. The van der Waals surface area contributed by atoms with Gasteiger partial charge in [-0.2, -0.15) is 5.10 Å². The van der Waals surface area contributed by atoms with E-state index in [1.165, 1.54) is 0 Å². The fraction of sp³-hybridized carbons (Fsp3) is 0.143. The van der Waals surface area contributed by atoms with Crippen LogP contribution in [0.1, 0.15) is 27.4 Å². The number of nitrogens with zero attached hydrogens (tertiary/aromatic N) is 4. The van der Waals surface area contributed by atoms with E-state index >= 15 is 0 Å². The van der Waals surface area contributed by atoms with E-state index in [0.29, 0.717) is 5.82 Å². The molecule has 4 aromatic rings. The topological polar surface area (TPSA) is 69.9 Å². The second-order valence-electron chi connectivity index (χ2n) is 6.41. The first kappa shape index (κ1) is 18.1. The number of esters is 1. The van der Waals surface area contributed by atoms with Crippen LogP contribution in [-0.4, -0.2) is 25.7 Å². The number of halogens is 1. The fourth-order valence-corrected chi connectivity index (χ4v) is 3.23. The molecule has 0 saturated carbocycles. The fourth-order valence-electron chi connectivity index (χ4n) is 3.05. The Hall–Kier alpha value is -3.25. The van der Waals surface area contributed by atoms with Gasteiger partial charge < -0.3 is 4.74 Å². The minimum absolute atomic E-state index is 0.0555. The van der Waals surface area contributed by atoms with E-state index in [-0.39, 0.29) is 17.3 Å². The van der Waals surface area contributed by atoms with E-state index < -0.39 is 5.97 Å². The predicted octanol–water partition coefficient (Wildman–Crippen LogP) is 4.44. The molecule has 0 N–H and O–H groups in total. The maximum atomic E-state index is 12.6. The minimum Gasteiger partial charge on any atom is -0.456 e. The molecule has 0 saturated heterocycles. The number of aromatic nitrogens is 4. The van der Waals surface area contributed by atoms with Crippen LogP contribution in [0.15, 0.2) is 54.7 Å². The molecule has 4 rings (SSSR count). The molecule has 0 aliphatic heterocycles. The largest absolute Gasteiger partial charge is 0.456 e. The maximum Gasteiger partial charge on any atom is 0.358 e. The summed E-state index contributed by atoms with van der Waals surface area (Å²) in [4.78, 5) is 21.4. The average molecular weight is 393 g/mol. The van der Waals surface area contributed by atoms with Crippen molar-refractivity contribution in [1.29, 1.82) is 0 Å². The van der Waals surface area contributed by atoms with Gasteiger partial charge in [0.2, 0.25) is 0 Å². The average Bonchev–Trinajstić information content (AvgIpc) is 3.04. The van der Waals surface area contributed by atoms with Crippen molar-refractivity contribution in [2.75, 3.05) is 0 Å². The first-order valence-corrected chi connectivity index (χ1v) is 9.10. The Kier molecular flexibility index (Phi) is 4.79. The number of aryl methyl sites for hydroxylation is 2. The molecule has 3 heterocycles. The summed E-state index contributed by atoms with van der Waals surface area (Å²) < 4.78 is 7.14. The summed E-state index contributed by atoms with van der Waals surface area (Å²) in [6, 6.07) is 14.8. The third kappa shape index (κ3) is 3.46. The van der Waals surface area contributed by atoms with Gasteiger partial charge in [0.25, 0.3) is 0 Å². The highest BCUT2D eigenvalue weighted by molar-refractivity contribution is 6.33. The monoisotopic (exact) mass is 392 g/mol. The van der Waals surface area contributed by atoms with Gasteiger partial charge in [-0.05, 0) is 38.1 Å². The molecule has 0 aliphatic rings. The molecule has 0 unspecified atom stereocenters. The zero-order valence-electron chi connectivity index (χ0n) is 15.4. The number of ether oxygens (including phenoxy) is 1. The second-order valence-corrected chi connectivity index (χ2v) is 6.81. The summed E-state index contributed by atoms with van der Waals surface area (Å²) in [5.41, 5.74) is 3.45. The standard InChI is InChI=1S/C21H17ClN4O2/c1-13-11-14(2)26(25-13)18-9-8-17(22)20(24-18)21(27)28-12-16-6-3-5-15-7-4-10-23-19(15)16/h3-11H,12H2,1-2H3. The van der Waals surface area contributed by atoms with Gasteiger partial charge in [-0.15, -0.1) is 0 Å². The predicted molar refractivity (Wildman–Crippen MR) is 107 cm³/mol. The zero-order chi connectivity index (χ0) is 19.7. The van der Waals surface area contributed by atoms with Gasteiger partial charge in [0, 0.05) is 22.8 Å². The maximum absolute atomic E-state index is 12.6. The highest BCUT2D eigenvalue weighted by Gasteiger charge is 2.17. The van der Waals surface area contributed by atoms with Crippen LogP contribution >= 0.6 is 11.6 Å². The lowest BCUT2D eigenvalue weighted by Crippen LogP contribution is -2.11. The summed E-state index contributed by atoms with van der Waals surface area (Å²) in [5.74, 6) is -0.0879. The molecular weight excluding hydrogens is 376 g/mol. The van der Waals surface area contributed by atoms with Crippen molar-refractivity contribution in [1.82, 2.24) is 19.7 Å². The summed E-state index contributed by atoms with van der Waals surface area (Å²) in [7, 11) is 0. The van der Waals surface area contributed by atoms with Crippen LogP contribution in [0.5, 0.6) is 0 Å². The number of pyridine rings is 2. The van der Waals surface area contributed by atoms with Crippen molar-refractivity contribution >= 4 is 28.5 Å². The normalized spacial score (nSPS) is 11.0. The van der Waals surface area contributed by atoms with Crippen molar-refractivity contribution in [3.63, 3.8) is 0 Å². The smallest absolute Gasteiger partial charge is 0.358 e. The first-order chi connectivity index (χ1) is 13.5. The molecule has 6 nitrogen and oxygen atoms in total. The Bertz CT molecular complexity index is 1180. The summed E-state index contributed by atoms with van der Waals surface area (Å²) in [6.07, 6.45) is 1.71. The lowest BCUT2D eigenvalue weighted by molar-refractivity contribution is 0.0467. The Morgan fingerprint density at radius 1 is 1.14 bits per heavy atom. The van der Waals surface area contributed by atoms with Gasteiger partial charge in [0.15, 0.2) is 11.5 Å². The van der Waals surface area contributed by atoms with Crippen LogP contribution in [0.4, 0.5) is 0 Å². The van der Waals surface area contributed by atoms with Crippen LogP contribution in [0.25, 0.3) is 16.7 Å². The number of fused-ring (bicyclic) bond motifs is 1. The van der Waals surface area contributed by atoms with Crippen LogP contribution in [-0.2, 0) is 11.3 Å². The van der Waals surface area contributed by atoms with Crippen molar-refractivity contribution in [2.24, 2.45) is 0 Å². The molecule has 140 valence electrons. The van der Waals surface area contributed by atoms with Crippen molar-refractivity contribution in [3.05, 3.63) is 82.4 Å². The third-order valence-corrected chi connectivity index (χ3v) is 4.63. The molecule has 28 heavy (non-hydrogen) atoms. The Morgan fingerprint density at radius 3 is 2.75 bits per heavy atom. The highest BCUT2D eigenvalue weighted by Crippen LogP contribution is 2.21. The quantitative estimate of drug-likeness (QED) is 0.480. The van der Waals surface area contributed by atoms with E-state index in [1.54, 1.807) is 23.0 Å². The first-order valence-electron chi connectivity index (χ1n) is 8.73. The van der Waals surface area contributed by atoms with Gasteiger partial charge >= 0.3 is 5.97 Å². The van der Waals surface area contributed by atoms with Crippen molar-refractivity contribution in [3.8, 4) is 5.82 Å². The molecular formula is C21H17ClN4O2. The molecule has 0 aliphatic carbocycles. The summed E-state index contributed by atoms with van der Waals surface area (Å²) in [6.45, 7) is 3.89. The highest BCUT2D eigenvalue weighted by atomic mass is 35.5. The minimum atomic E-state index is -0.596. The number of para-hydroxylation sites is 1. The number of hydrogen-bond acceptors (Lipinski definition) is 5. The van der Waals surface area contributed by atoms with E-state index in [0.717, 1.165) is 27.9 Å². The molecule has 3 aromatic heterocycles. The molecule has 7 heteroatoms. The molecule has 0 atom stereocenters. The van der Waals surface area contributed by atoms with Gasteiger partial charge in [0.05, 0.1) is 16.2 Å². The number of carbonyl (C=O) groups excluding carboxylic acids is 1. The molecule has 0 fully saturated rings. The lowest BCUT2D eigenvalue weighted by Gasteiger charge is -2.10.